The summed E-state index contributed by atoms with van der Waals surface area (Å²) < 4.78 is 37.2. The van der Waals surface area contributed by atoms with Gasteiger partial charge in [-0.05, 0) is 31.2 Å². The van der Waals surface area contributed by atoms with Crippen LogP contribution < -0.4 is 9.47 Å². The summed E-state index contributed by atoms with van der Waals surface area (Å²) in [6.07, 6.45) is 0. The Morgan fingerprint density at radius 2 is 1.86 bits per heavy atom. The highest BCUT2D eigenvalue weighted by Gasteiger charge is 2.09. The van der Waals surface area contributed by atoms with E-state index in [2.05, 4.69) is 0 Å². The lowest BCUT2D eigenvalue weighted by Crippen LogP contribution is -2.02. The van der Waals surface area contributed by atoms with E-state index in [1.807, 2.05) is 13.0 Å². The molecule has 5 heteroatoms. The van der Waals surface area contributed by atoms with Crippen molar-refractivity contribution in [1.29, 1.82) is 5.26 Å². The van der Waals surface area contributed by atoms with E-state index in [-0.39, 0.29) is 12.2 Å². The number of rotatable bonds is 5. The van der Waals surface area contributed by atoms with Crippen molar-refractivity contribution >= 4 is 0 Å². The third-order valence-corrected chi connectivity index (χ3v) is 2.77. The number of hydrogen-bond acceptors (Lipinski definition) is 3. The fraction of sp³-hybridized carbons (Fsp3) is 0.188. The average Bonchev–Trinajstić information content (AvgIpc) is 2.47. The molecule has 0 atom stereocenters. The lowest BCUT2D eigenvalue weighted by atomic mass is 10.2. The molecule has 21 heavy (non-hydrogen) atoms. The normalized spacial score (nSPS) is 10.0. The molecule has 0 radical (unpaired) electrons. The number of halogens is 2. The summed E-state index contributed by atoms with van der Waals surface area (Å²) in [7, 11) is 0. The molecule has 0 fully saturated rings. The molecule has 0 aliphatic carbocycles. The molecule has 2 aromatic carbocycles. The molecule has 108 valence electrons. The minimum Gasteiger partial charge on any atom is -0.490 e. The molecular formula is C16H13F2NO2. The van der Waals surface area contributed by atoms with Crippen LogP contribution in [0.5, 0.6) is 11.5 Å². The van der Waals surface area contributed by atoms with Crippen molar-refractivity contribution in [3.63, 3.8) is 0 Å². The van der Waals surface area contributed by atoms with Gasteiger partial charge in [0.25, 0.3) is 0 Å². The first-order valence-electron chi connectivity index (χ1n) is 6.37. The standard InChI is InChI=1S/C16H13F2NO2/c1-2-20-16-7-11(9-19)3-6-15(16)21-10-12-4-5-13(17)8-14(12)18/h3-8H,2,10H2,1H3. The molecular weight excluding hydrogens is 276 g/mol. The maximum atomic E-state index is 13.5. The SMILES string of the molecule is CCOc1cc(C#N)ccc1OCc1ccc(F)cc1F. The van der Waals surface area contributed by atoms with Crippen molar-refractivity contribution in [3.05, 3.63) is 59.2 Å². The molecule has 0 saturated carbocycles. The molecule has 0 spiro atoms. The molecule has 0 heterocycles. The van der Waals surface area contributed by atoms with Gasteiger partial charge in [0.05, 0.1) is 18.2 Å². The van der Waals surface area contributed by atoms with E-state index in [4.69, 9.17) is 14.7 Å². The first kappa shape index (κ1) is 14.8. The van der Waals surface area contributed by atoms with Crippen molar-refractivity contribution in [3.8, 4) is 17.6 Å². The quantitative estimate of drug-likeness (QED) is 0.840. The Kier molecular flexibility index (Phi) is 4.72. The Hall–Kier alpha value is -2.61. The van der Waals surface area contributed by atoms with E-state index in [0.717, 1.165) is 6.07 Å². The minimum atomic E-state index is -0.665. The fourth-order valence-corrected chi connectivity index (χ4v) is 1.76. The van der Waals surface area contributed by atoms with Crippen molar-refractivity contribution in [2.45, 2.75) is 13.5 Å². The van der Waals surface area contributed by atoms with Gasteiger partial charge in [0.2, 0.25) is 0 Å². The van der Waals surface area contributed by atoms with Crippen LogP contribution in [0.2, 0.25) is 0 Å². The topological polar surface area (TPSA) is 42.2 Å². The number of nitrogens with zero attached hydrogens (tertiary/aromatic N) is 1. The van der Waals surface area contributed by atoms with Crippen molar-refractivity contribution in [2.75, 3.05) is 6.61 Å². The lowest BCUT2D eigenvalue weighted by molar-refractivity contribution is 0.265. The van der Waals surface area contributed by atoms with Crippen LogP contribution in [-0.4, -0.2) is 6.61 Å². The van der Waals surface area contributed by atoms with Gasteiger partial charge >= 0.3 is 0 Å². The van der Waals surface area contributed by atoms with Crippen molar-refractivity contribution < 1.29 is 18.3 Å². The fourth-order valence-electron chi connectivity index (χ4n) is 1.76. The second-order valence-corrected chi connectivity index (χ2v) is 4.23. The Balaban J connectivity index is 2.17. The molecule has 0 saturated heterocycles. The summed E-state index contributed by atoms with van der Waals surface area (Å²) in [5.41, 5.74) is 0.682. The summed E-state index contributed by atoms with van der Waals surface area (Å²) in [5.74, 6) is -0.482. The third-order valence-electron chi connectivity index (χ3n) is 2.77. The Bertz CT molecular complexity index is 680. The predicted molar refractivity (Wildman–Crippen MR) is 73.0 cm³/mol. The van der Waals surface area contributed by atoms with E-state index in [1.54, 1.807) is 18.2 Å². The molecule has 0 N–H and O–H groups in total. The van der Waals surface area contributed by atoms with Crippen LogP contribution in [0.25, 0.3) is 0 Å². The molecule has 0 aliphatic heterocycles. The largest absolute Gasteiger partial charge is 0.490 e. The van der Waals surface area contributed by atoms with Crippen LogP contribution in [0.3, 0.4) is 0 Å². The smallest absolute Gasteiger partial charge is 0.162 e. The molecule has 2 rings (SSSR count). The third kappa shape index (κ3) is 3.69. The summed E-state index contributed by atoms with van der Waals surface area (Å²) in [6.45, 7) is 2.16. The Morgan fingerprint density at radius 1 is 1.05 bits per heavy atom. The van der Waals surface area contributed by atoms with E-state index < -0.39 is 11.6 Å². The lowest BCUT2D eigenvalue weighted by Gasteiger charge is -2.12. The maximum absolute atomic E-state index is 13.5. The van der Waals surface area contributed by atoms with Crippen LogP contribution in [0.15, 0.2) is 36.4 Å². The van der Waals surface area contributed by atoms with Crippen molar-refractivity contribution in [1.82, 2.24) is 0 Å². The average molecular weight is 289 g/mol. The van der Waals surface area contributed by atoms with Crippen LogP contribution >= 0.6 is 0 Å². The molecule has 2 aromatic rings. The summed E-state index contributed by atoms with van der Waals surface area (Å²) >= 11 is 0. The Morgan fingerprint density at radius 3 is 2.52 bits per heavy atom. The van der Waals surface area contributed by atoms with Gasteiger partial charge in [-0.25, -0.2) is 8.78 Å². The predicted octanol–water partition coefficient (Wildman–Crippen LogP) is 3.81. The van der Waals surface area contributed by atoms with Gasteiger partial charge < -0.3 is 9.47 Å². The van der Waals surface area contributed by atoms with E-state index in [9.17, 15) is 8.78 Å². The second-order valence-electron chi connectivity index (χ2n) is 4.23. The van der Waals surface area contributed by atoms with Gasteiger partial charge in [0.15, 0.2) is 11.5 Å². The number of nitriles is 1. The second kappa shape index (κ2) is 6.71. The summed E-state index contributed by atoms with van der Waals surface area (Å²) in [5, 5.41) is 8.86. The molecule has 0 unspecified atom stereocenters. The van der Waals surface area contributed by atoms with Gasteiger partial charge in [0.1, 0.15) is 18.2 Å². The molecule has 3 nitrogen and oxygen atoms in total. The number of benzene rings is 2. The zero-order valence-corrected chi connectivity index (χ0v) is 11.4. The summed E-state index contributed by atoms with van der Waals surface area (Å²) in [6, 6.07) is 10.0. The van der Waals surface area contributed by atoms with Gasteiger partial charge in [-0.3, -0.25) is 0 Å². The van der Waals surface area contributed by atoms with E-state index in [0.29, 0.717) is 23.7 Å². The first-order valence-corrected chi connectivity index (χ1v) is 6.37. The van der Waals surface area contributed by atoms with Crippen LogP contribution in [0.1, 0.15) is 18.1 Å². The van der Waals surface area contributed by atoms with Gasteiger partial charge in [-0.1, -0.05) is 0 Å². The highest BCUT2D eigenvalue weighted by atomic mass is 19.1. The summed E-state index contributed by atoms with van der Waals surface area (Å²) in [4.78, 5) is 0. The highest BCUT2D eigenvalue weighted by molar-refractivity contribution is 5.46. The van der Waals surface area contributed by atoms with E-state index in [1.165, 1.54) is 12.1 Å². The van der Waals surface area contributed by atoms with Crippen LogP contribution in [0.4, 0.5) is 8.78 Å². The van der Waals surface area contributed by atoms with Gasteiger partial charge in [0, 0.05) is 17.7 Å². The molecule has 0 aromatic heterocycles. The van der Waals surface area contributed by atoms with E-state index >= 15 is 0 Å². The monoisotopic (exact) mass is 289 g/mol. The number of ether oxygens (including phenoxy) is 2. The minimum absolute atomic E-state index is 0.0575. The molecule has 0 bridgehead atoms. The van der Waals surface area contributed by atoms with Gasteiger partial charge in [-0.2, -0.15) is 5.26 Å². The zero-order valence-electron chi connectivity index (χ0n) is 11.4. The van der Waals surface area contributed by atoms with Crippen LogP contribution in [-0.2, 0) is 6.61 Å². The Labute approximate surface area is 121 Å². The molecule has 0 aliphatic rings. The zero-order chi connectivity index (χ0) is 15.2. The highest BCUT2D eigenvalue weighted by Crippen LogP contribution is 2.29. The van der Waals surface area contributed by atoms with Crippen LogP contribution in [0, 0.1) is 23.0 Å². The van der Waals surface area contributed by atoms with Crippen molar-refractivity contribution in [2.24, 2.45) is 0 Å². The van der Waals surface area contributed by atoms with Gasteiger partial charge in [-0.15, -0.1) is 0 Å². The first-order chi connectivity index (χ1) is 10.1. The number of hydrogen-bond donors (Lipinski definition) is 0. The maximum Gasteiger partial charge on any atom is 0.162 e. The molecule has 0 amide bonds.